The van der Waals surface area contributed by atoms with Gasteiger partial charge < -0.3 is 10.4 Å². The molecule has 0 aliphatic rings. The van der Waals surface area contributed by atoms with Crippen molar-refractivity contribution in [1.82, 2.24) is 0 Å². The van der Waals surface area contributed by atoms with Gasteiger partial charge in [-0.15, -0.1) is 5.11 Å². The molecule has 12 heteroatoms. The Kier molecular flexibility index (Phi) is 12.4. The van der Waals surface area contributed by atoms with E-state index in [1.165, 1.54) is 64.7 Å². The van der Waals surface area contributed by atoms with Gasteiger partial charge in [0, 0.05) is 12.3 Å². The summed E-state index contributed by atoms with van der Waals surface area (Å²) in [6.45, 7) is 3.40. The van der Waals surface area contributed by atoms with Gasteiger partial charge in [-0.05, 0) is 54.1 Å². The third-order valence-electron chi connectivity index (χ3n) is 6.96. The molecule has 228 valence electrons. The summed E-state index contributed by atoms with van der Waals surface area (Å²) in [5, 5.41) is 21.4. The number of carbonyl (C=O) groups is 1. The van der Waals surface area contributed by atoms with E-state index in [4.69, 9.17) is 0 Å². The molecule has 3 N–H and O–H groups in total. The number of rotatable bonds is 16. The average molecular weight is 618 g/mol. The summed E-state index contributed by atoms with van der Waals surface area (Å²) in [7, 11) is -7.99. The number of aryl methyl sites for hydroxylation is 1. The summed E-state index contributed by atoms with van der Waals surface area (Å²) >= 11 is 0. The van der Waals surface area contributed by atoms with E-state index in [2.05, 4.69) is 22.5 Å². The van der Waals surface area contributed by atoms with Crippen LogP contribution in [0.4, 0.5) is 17.1 Å². The Morgan fingerprint density at radius 2 is 1.48 bits per heavy atom. The van der Waals surface area contributed by atoms with Crippen molar-refractivity contribution in [3.8, 4) is 5.75 Å². The minimum absolute atomic E-state index is 0.0455. The van der Waals surface area contributed by atoms with Crippen molar-refractivity contribution in [3.63, 3.8) is 0 Å². The Balaban J connectivity index is 1.74. The molecule has 0 heterocycles. The van der Waals surface area contributed by atoms with Gasteiger partial charge in [0.25, 0.3) is 10.1 Å². The van der Waals surface area contributed by atoms with Gasteiger partial charge in [0.15, 0.2) is 16.5 Å². The summed E-state index contributed by atoms with van der Waals surface area (Å²) in [6, 6.07) is 10.4. The van der Waals surface area contributed by atoms with Crippen molar-refractivity contribution >= 4 is 54.6 Å². The lowest BCUT2D eigenvalue weighted by Gasteiger charge is -2.13. The number of carbonyl (C=O) groups excluding carboxylic acids is 1. The van der Waals surface area contributed by atoms with E-state index < -0.39 is 42.3 Å². The molecule has 0 spiro atoms. The number of phenolic OH excluding ortho intramolecular Hbond substituents is 1. The molecule has 0 fully saturated rings. The lowest BCUT2D eigenvalue weighted by Crippen LogP contribution is -2.08. The first-order valence-corrected chi connectivity index (χ1v) is 16.9. The van der Waals surface area contributed by atoms with Gasteiger partial charge in [0.2, 0.25) is 5.91 Å². The second-order valence-corrected chi connectivity index (χ2v) is 12.8. The van der Waals surface area contributed by atoms with Gasteiger partial charge >= 0.3 is 0 Å². The number of fused-ring (bicyclic) bond motifs is 1. The molecule has 0 aliphatic carbocycles. The lowest BCUT2D eigenvalue weighted by atomic mass is 10.0. The van der Waals surface area contributed by atoms with Gasteiger partial charge in [-0.3, -0.25) is 9.35 Å². The Labute approximate surface area is 249 Å². The van der Waals surface area contributed by atoms with Crippen LogP contribution in [0.5, 0.6) is 5.75 Å². The molecule has 3 rings (SSSR count). The van der Waals surface area contributed by atoms with E-state index in [0.29, 0.717) is 5.69 Å². The summed E-state index contributed by atoms with van der Waals surface area (Å²) in [4.78, 5) is 10.8. The number of nitrogens with one attached hydrogen (secondary N) is 1. The highest BCUT2D eigenvalue weighted by Crippen LogP contribution is 2.44. The van der Waals surface area contributed by atoms with Crippen LogP contribution >= 0.6 is 0 Å². The van der Waals surface area contributed by atoms with Crippen molar-refractivity contribution in [2.24, 2.45) is 10.2 Å². The number of phenols is 1. The van der Waals surface area contributed by atoms with Crippen LogP contribution in [0.25, 0.3) is 10.8 Å². The molecule has 0 aromatic heterocycles. The molecule has 1 amide bonds. The number of aromatic hydroxyl groups is 1. The fourth-order valence-corrected chi connectivity index (χ4v) is 5.91. The van der Waals surface area contributed by atoms with E-state index in [0.717, 1.165) is 36.6 Å². The first-order valence-electron chi connectivity index (χ1n) is 14.2. The number of anilines is 1. The second-order valence-electron chi connectivity index (χ2n) is 10.4. The van der Waals surface area contributed by atoms with Crippen LogP contribution < -0.4 is 5.32 Å². The van der Waals surface area contributed by atoms with Crippen molar-refractivity contribution in [2.45, 2.75) is 94.3 Å². The highest BCUT2D eigenvalue weighted by molar-refractivity contribution is 7.85. The molecule has 3 aromatic carbocycles. The fourth-order valence-electron chi connectivity index (χ4n) is 4.80. The molecule has 0 unspecified atom stereocenters. The lowest BCUT2D eigenvalue weighted by molar-refractivity contribution is -0.114. The van der Waals surface area contributed by atoms with E-state index in [1.807, 2.05) is 12.1 Å². The summed E-state index contributed by atoms with van der Waals surface area (Å²) < 4.78 is 57.1. The van der Waals surface area contributed by atoms with Crippen LogP contribution in [-0.4, -0.2) is 32.4 Å². The van der Waals surface area contributed by atoms with Gasteiger partial charge in [-0.2, -0.15) is 13.5 Å². The van der Waals surface area contributed by atoms with Gasteiger partial charge in [0.1, 0.15) is 5.69 Å². The first kappa shape index (κ1) is 33.2. The molecule has 10 nitrogen and oxygen atoms in total. The largest absolute Gasteiger partial charge is 0.505 e. The molecular weight excluding hydrogens is 578 g/mol. The zero-order chi connectivity index (χ0) is 30.7. The maximum absolute atomic E-state index is 12.0. The first-order chi connectivity index (χ1) is 20.0. The molecule has 0 radical (unpaired) electrons. The Morgan fingerprint density at radius 3 is 2.02 bits per heavy atom. The SMILES string of the molecule is CCCCCCCCCCCCc1ccc(/N=N/c2c([SH](=O)=O)cc3cc(S(=O)(=O)O)cc(NC(C)=O)c3c2O)cc1. The van der Waals surface area contributed by atoms with E-state index in [1.54, 1.807) is 12.1 Å². The number of hydrogen-bond acceptors (Lipinski definition) is 8. The molecule has 0 aliphatic heterocycles. The van der Waals surface area contributed by atoms with Crippen molar-refractivity contribution in [2.75, 3.05) is 5.32 Å². The Morgan fingerprint density at radius 1 is 0.881 bits per heavy atom. The standard InChI is InChI=1S/C30H39N3O7S2/c1-3-4-5-6-7-8-9-10-11-12-13-22-14-16-24(17-15-22)32-33-29-27(41(36)37)19-23-18-25(42(38,39)40)20-26(31-21(2)34)28(23)30(29)35/h14-20,35,41H,3-13H2,1-2H3,(H,31,34)(H,38,39,40)/b33-32+. The smallest absolute Gasteiger partial charge is 0.294 e. The van der Waals surface area contributed by atoms with Crippen molar-refractivity contribution in [3.05, 3.63) is 48.0 Å². The predicted octanol–water partition coefficient (Wildman–Crippen LogP) is 7.60. The second kappa shape index (κ2) is 15.8. The van der Waals surface area contributed by atoms with Crippen molar-refractivity contribution < 1.29 is 31.3 Å². The monoisotopic (exact) mass is 617 g/mol. The van der Waals surface area contributed by atoms with E-state index >= 15 is 0 Å². The van der Waals surface area contributed by atoms with Crippen LogP contribution in [-0.2, 0) is 32.0 Å². The van der Waals surface area contributed by atoms with Crippen LogP contribution in [0.3, 0.4) is 0 Å². The Bertz CT molecular complexity index is 1590. The zero-order valence-corrected chi connectivity index (χ0v) is 25.7. The average Bonchev–Trinajstić information content (AvgIpc) is 2.93. The number of nitrogens with zero attached hydrogens (tertiary/aromatic N) is 2. The molecule has 0 saturated heterocycles. The normalized spacial score (nSPS) is 12.0. The molecule has 3 aromatic rings. The minimum atomic E-state index is -4.70. The summed E-state index contributed by atoms with van der Waals surface area (Å²) in [6.07, 6.45) is 13.6. The third-order valence-corrected chi connectivity index (χ3v) is 8.53. The van der Waals surface area contributed by atoms with Crippen LogP contribution in [0.15, 0.2) is 62.5 Å². The summed E-state index contributed by atoms with van der Waals surface area (Å²) in [5.41, 5.74) is 1.09. The maximum atomic E-state index is 12.0. The quantitative estimate of drug-likeness (QED) is 0.0556. The van der Waals surface area contributed by atoms with E-state index in [-0.39, 0.29) is 22.1 Å². The number of benzene rings is 3. The summed E-state index contributed by atoms with van der Waals surface area (Å²) in [5.74, 6) is -1.20. The van der Waals surface area contributed by atoms with Gasteiger partial charge in [-0.1, -0.05) is 76.8 Å². The molecular formula is C30H39N3O7S2. The fraction of sp³-hybridized carbons (Fsp3) is 0.433. The third kappa shape index (κ3) is 9.60. The van der Waals surface area contributed by atoms with Gasteiger partial charge in [0.05, 0.1) is 21.2 Å². The molecule has 0 saturated carbocycles. The number of thiol groups is 1. The minimum Gasteiger partial charge on any atom is -0.505 e. The predicted molar refractivity (Wildman–Crippen MR) is 164 cm³/mol. The number of azo groups is 1. The van der Waals surface area contributed by atoms with Crippen LogP contribution in [0.1, 0.15) is 83.6 Å². The van der Waals surface area contributed by atoms with Crippen molar-refractivity contribution in [1.29, 1.82) is 0 Å². The highest BCUT2D eigenvalue weighted by Gasteiger charge is 2.21. The van der Waals surface area contributed by atoms with Crippen LogP contribution in [0.2, 0.25) is 0 Å². The zero-order valence-electron chi connectivity index (χ0n) is 24.0. The maximum Gasteiger partial charge on any atom is 0.294 e. The Hall–Kier alpha value is -3.35. The number of hydrogen-bond donors (Lipinski definition) is 4. The van der Waals surface area contributed by atoms with Crippen LogP contribution in [0, 0.1) is 0 Å². The van der Waals surface area contributed by atoms with Gasteiger partial charge in [-0.25, -0.2) is 8.42 Å². The topological polar surface area (TPSA) is 163 Å². The highest BCUT2D eigenvalue weighted by atomic mass is 32.2. The molecule has 0 bridgehead atoms. The van der Waals surface area contributed by atoms with E-state index in [9.17, 15) is 31.3 Å². The molecule has 0 atom stereocenters. The number of unbranched alkanes of at least 4 members (excludes halogenated alkanes) is 9. The number of amides is 1. The molecule has 42 heavy (non-hydrogen) atoms.